The maximum absolute atomic E-state index is 12.7. The molecule has 0 aliphatic heterocycles. The van der Waals surface area contributed by atoms with E-state index in [0.29, 0.717) is 0 Å². The molecule has 0 aromatic rings. The molecule has 0 rings (SSSR count). The number of hydrogen-bond donors (Lipinski definition) is 1. The van der Waals surface area contributed by atoms with Crippen molar-refractivity contribution in [3.05, 3.63) is 0 Å². The monoisotopic (exact) mass is 278 g/mol. The summed E-state index contributed by atoms with van der Waals surface area (Å²) in [6.45, 7) is 7.33. The Morgan fingerprint density at radius 1 is 1.22 bits per heavy atom. The highest BCUT2D eigenvalue weighted by Crippen LogP contribution is 2.54. The molecule has 0 aromatic carbocycles. The van der Waals surface area contributed by atoms with Gasteiger partial charge in [0.1, 0.15) is 0 Å². The lowest BCUT2D eigenvalue weighted by Crippen LogP contribution is -2.35. The van der Waals surface area contributed by atoms with Crippen LogP contribution in [0.25, 0.3) is 0 Å². The zero-order valence-electron chi connectivity index (χ0n) is 11.5. The summed E-state index contributed by atoms with van der Waals surface area (Å²) >= 11 is 0. The van der Waals surface area contributed by atoms with E-state index in [0.717, 1.165) is 0 Å². The summed E-state index contributed by atoms with van der Waals surface area (Å²) in [5, 5.41) is 17.3. The topological polar surface area (TPSA) is 82.8 Å². The Labute approximate surface area is 109 Å². The summed E-state index contributed by atoms with van der Waals surface area (Å²) in [4.78, 5) is 0. The predicted octanol–water partition coefficient (Wildman–Crippen LogP) is 2.15. The van der Waals surface area contributed by atoms with E-state index in [1.54, 1.807) is 4.67 Å². The minimum Gasteiger partial charge on any atom is -0.394 e. The SMILES string of the molecule is CC(C)N(C(C)C)P(=O)(OCCO)OCCC#N. The molecule has 1 N–H and O–H groups in total. The van der Waals surface area contributed by atoms with Gasteiger partial charge in [-0.25, -0.2) is 9.24 Å². The van der Waals surface area contributed by atoms with E-state index in [-0.39, 0.29) is 38.3 Å². The number of aliphatic hydroxyl groups excluding tert-OH is 1. The molecule has 0 fully saturated rings. The first-order chi connectivity index (χ1) is 8.39. The van der Waals surface area contributed by atoms with E-state index >= 15 is 0 Å². The van der Waals surface area contributed by atoms with Crippen LogP contribution in [0.4, 0.5) is 0 Å². The molecule has 0 bridgehead atoms. The Morgan fingerprint density at radius 2 is 1.72 bits per heavy atom. The van der Waals surface area contributed by atoms with E-state index in [4.69, 9.17) is 19.4 Å². The number of nitriles is 1. The second-order valence-electron chi connectivity index (χ2n) is 4.33. The third kappa shape index (κ3) is 5.47. The van der Waals surface area contributed by atoms with E-state index in [1.165, 1.54) is 0 Å². The highest BCUT2D eigenvalue weighted by Gasteiger charge is 2.37. The maximum atomic E-state index is 12.7. The molecular formula is C11H23N2O4P. The van der Waals surface area contributed by atoms with Gasteiger partial charge in [-0.05, 0) is 27.7 Å². The molecule has 0 aliphatic rings. The number of nitrogens with zero attached hydrogens (tertiary/aromatic N) is 2. The van der Waals surface area contributed by atoms with Crippen LogP contribution in [0.15, 0.2) is 0 Å². The molecule has 0 saturated carbocycles. The molecule has 1 unspecified atom stereocenters. The van der Waals surface area contributed by atoms with E-state index < -0.39 is 7.75 Å². The van der Waals surface area contributed by atoms with Crippen molar-refractivity contribution >= 4 is 7.75 Å². The van der Waals surface area contributed by atoms with Crippen LogP contribution in [0.2, 0.25) is 0 Å². The van der Waals surface area contributed by atoms with Crippen molar-refractivity contribution in [2.45, 2.75) is 46.2 Å². The van der Waals surface area contributed by atoms with Crippen molar-refractivity contribution in [3.63, 3.8) is 0 Å². The van der Waals surface area contributed by atoms with Crippen LogP contribution in [-0.2, 0) is 13.6 Å². The van der Waals surface area contributed by atoms with Gasteiger partial charge in [0.2, 0.25) is 0 Å². The number of rotatable bonds is 9. The van der Waals surface area contributed by atoms with Crippen LogP contribution < -0.4 is 0 Å². The van der Waals surface area contributed by atoms with Gasteiger partial charge < -0.3 is 5.11 Å². The maximum Gasteiger partial charge on any atom is 0.408 e. The molecule has 0 aliphatic carbocycles. The molecule has 0 radical (unpaired) electrons. The molecule has 0 saturated heterocycles. The first kappa shape index (κ1) is 17.6. The Bertz CT molecular complexity index is 307. The van der Waals surface area contributed by atoms with Crippen molar-refractivity contribution in [2.24, 2.45) is 0 Å². The second-order valence-corrected chi connectivity index (χ2v) is 6.25. The Balaban J connectivity index is 4.91. The lowest BCUT2D eigenvalue weighted by Gasteiger charge is -2.35. The fourth-order valence-electron chi connectivity index (χ4n) is 1.70. The van der Waals surface area contributed by atoms with Gasteiger partial charge in [0.25, 0.3) is 0 Å². The first-order valence-corrected chi connectivity index (χ1v) is 7.54. The molecule has 0 aromatic heterocycles. The summed E-state index contributed by atoms with van der Waals surface area (Å²) in [5.41, 5.74) is 0. The van der Waals surface area contributed by atoms with Gasteiger partial charge in [0, 0.05) is 12.1 Å². The number of hydrogen-bond acceptors (Lipinski definition) is 5. The zero-order chi connectivity index (χ0) is 14.2. The van der Waals surface area contributed by atoms with E-state index in [9.17, 15) is 4.57 Å². The van der Waals surface area contributed by atoms with E-state index in [2.05, 4.69) is 0 Å². The van der Waals surface area contributed by atoms with Crippen LogP contribution in [-0.4, -0.2) is 41.7 Å². The number of aliphatic hydroxyl groups is 1. The molecule has 0 amide bonds. The van der Waals surface area contributed by atoms with Gasteiger partial charge in [0.15, 0.2) is 0 Å². The molecule has 0 heterocycles. The predicted molar refractivity (Wildman–Crippen MR) is 68.9 cm³/mol. The van der Waals surface area contributed by atoms with Crippen LogP contribution in [0.3, 0.4) is 0 Å². The van der Waals surface area contributed by atoms with Crippen LogP contribution >= 0.6 is 7.75 Å². The summed E-state index contributed by atoms with van der Waals surface area (Å²) in [7, 11) is -3.47. The highest BCUT2D eigenvalue weighted by molar-refractivity contribution is 7.51. The first-order valence-electron chi connectivity index (χ1n) is 6.04. The van der Waals surface area contributed by atoms with Crippen molar-refractivity contribution in [3.8, 4) is 6.07 Å². The Morgan fingerprint density at radius 3 is 2.11 bits per heavy atom. The van der Waals surface area contributed by atoms with Gasteiger partial charge in [-0.15, -0.1) is 0 Å². The molecule has 1 atom stereocenters. The van der Waals surface area contributed by atoms with Crippen molar-refractivity contribution in [1.82, 2.24) is 4.67 Å². The normalized spacial score (nSPS) is 15.1. The third-order valence-corrected chi connectivity index (χ3v) is 4.66. The van der Waals surface area contributed by atoms with Gasteiger partial charge in [0.05, 0.1) is 32.3 Å². The minimum atomic E-state index is -3.47. The van der Waals surface area contributed by atoms with Crippen molar-refractivity contribution in [1.29, 1.82) is 5.26 Å². The summed E-state index contributed by atoms with van der Waals surface area (Å²) in [6.07, 6.45) is 0.149. The second kappa shape index (κ2) is 8.63. The van der Waals surface area contributed by atoms with Gasteiger partial charge in [-0.1, -0.05) is 0 Å². The lowest BCUT2D eigenvalue weighted by atomic mass is 10.3. The van der Waals surface area contributed by atoms with Crippen LogP contribution in [0, 0.1) is 11.3 Å². The molecular weight excluding hydrogens is 255 g/mol. The fraction of sp³-hybridized carbons (Fsp3) is 0.909. The van der Waals surface area contributed by atoms with Crippen molar-refractivity contribution < 1.29 is 18.7 Å². The summed E-state index contributed by atoms with van der Waals surface area (Å²) < 4.78 is 24.8. The lowest BCUT2D eigenvalue weighted by molar-refractivity contribution is 0.113. The van der Waals surface area contributed by atoms with Gasteiger partial charge in [-0.2, -0.15) is 5.26 Å². The average molecular weight is 278 g/mol. The third-order valence-electron chi connectivity index (χ3n) is 2.16. The molecule has 18 heavy (non-hydrogen) atoms. The van der Waals surface area contributed by atoms with E-state index in [1.807, 2.05) is 33.8 Å². The summed E-state index contributed by atoms with van der Waals surface area (Å²) in [6, 6.07) is 1.86. The summed E-state index contributed by atoms with van der Waals surface area (Å²) in [5.74, 6) is 0. The van der Waals surface area contributed by atoms with Crippen molar-refractivity contribution in [2.75, 3.05) is 19.8 Å². The Hall–Kier alpha value is -0.440. The van der Waals surface area contributed by atoms with Gasteiger partial charge >= 0.3 is 7.75 Å². The largest absolute Gasteiger partial charge is 0.408 e. The smallest absolute Gasteiger partial charge is 0.394 e. The quantitative estimate of drug-likeness (QED) is 0.514. The zero-order valence-corrected chi connectivity index (χ0v) is 12.4. The fourth-order valence-corrected chi connectivity index (χ4v) is 3.80. The standard InChI is InChI=1S/C11H23N2O4P/c1-10(2)13(11(3)4)18(15,17-9-7-14)16-8-5-6-12/h10-11,14H,5,7-9H2,1-4H3. The molecule has 7 heteroatoms. The van der Waals surface area contributed by atoms with Crippen LogP contribution in [0.5, 0.6) is 0 Å². The molecule has 0 spiro atoms. The minimum absolute atomic E-state index is 0.0309. The molecule has 6 nitrogen and oxygen atoms in total. The highest BCUT2D eigenvalue weighted by atomic mass is 31.2. The molecule has 106 valence electrons. The average Bonchev–Trinajstić information content (AvgIpc) is 2.25. The van der Waals surface area contributed by atoms with Crippen LogP contribution in [0.1, 0.15) is 34.1 Å². The Kier molecular flexibility index (Phi) is 8.41. The van der Waals surface area contributed by atoms with Gasteiger partial charge in [-0.3, -0.25) is 9.05 Å².